The zero-order valence-electron chi connectivity index (χ0n) is 12.6. The molecule has 2 rings (SSSR count). The highest BCUT2D eigenvalue weighted by Gasteiger charge is 2.45. The van der Waals surface area contributed by atoms with Crippen molar-refractivity contribution >= 4 is 5.91 Å². The quantitative estimate of drug-likeness (QED) is 0.857. The Bertz CT molecular complexity index is 374. The zero-order valence-corrected chi connectivity index (χ0v) is 12.6. The van der Waals surface area contributed by atoms with Gasteiger partial charge in [0.15, 0.2) is 0 Å². The molecule has 2 N–H and O–H groups in total. The molecule has 1 aliphatic heterocycles. The molecule has 0 spiro atoms. The van der Waals surface area contributed by atoms with Crippen molar-refractivity contribution in [1.29, 1.82) is 5.26 Å². The van der Waals surface area contributed by atoms with E-state index in [0.29, 0.717) is 5.92 Å². The lowest BCUT2D eigenvalue weighted by Gasteiger charge is -2.41. The number of hydrogen-bond acceptors (Lipinski definition) is 3. The predicted molar refractivity (Wildman–Crippen MR) is 78.7 cm³/mol. The highest BCUT2D eigenvalue weighted by Crippen LogP contribution is 2.43. The van der Waals surface area contributed by atoms with E-state index in [4.69, 9.17) is 5.73 Å². The standard InChI is InChI=1S/C16H27N3O/c1-19-9-7-16(12-17,8-10-19)14(15(18)20)11-13-5-3-2-4-6-13/h13-14H,2-11H2,1H3,(H2,18,20). The normalized spacial score (nSPS) is 25.8. The molecular weight excluding hydrogens is 250 g/mol. The maximum absolute atomic E-state index is 12.0. The number of likely N-dealkylation sites (tertiary alicyclic amines) is 1. The molecule has 1 unspecified atom stereocenters. The van der Waals surface area contributed by atoms with E-state index in [-0.39, 0.29) is 11.8 Å². The number of nitrogens with zero attached hydrogens (tertiary/aromatic N) is 2. The molecule has 1 saturated carbocycles. The second kappa shape index (κ2) is 6.58. The highest BCUT2D eigenvalue weighted by molar-refractivity contribution is 5.78. The molecule has 1 aliphatic carbocycles. The largest absolute Gasteiger partial charge is 0.369 e. The SMILES string of the molecule is CN1CCC(C#N)(C(CC2CCCCC2)C(N)=O)CC1. The number of amides is 1. The van der Waals surface area contributed by atoms with Gasteiger partial charge in [0, 0.05) is 0 Å². The van der Waals surface area contributed by atoms with Crippen molar-refractivity contribution in [2.45, 2.75) is 51.4 Å². The van der Waals surface area contributed by atoms with Crippen LogP contribution in [-0.2, 0) is 4.79 Å². The lowest BCUT2D eigenvalue weighted by atomic mass is 9.65. The molecule has 0 aromatic carbocycles. The van der Waals surface area contributed by atoms with Crippen LogP contribution in [0.3, 0.4) is 0 Å². The summed E-state index contributed by atoms with van der Waals surface area (Å²) < 4.78 is 0. The van der Waals surface area contributed by atoms with Gasteiger partial charge in [0.1, 0.15) is 0 Å². The van der Waals surface area contributed by atoms with E-state index in [1.54, 1.807) is 0 Å². The number of nitriles is 1. The van der Waals surface area contributed by atoms with E-state index in [0.717, 1.165) is 32.4 Å². The van der Waals surface area contributed by atoms with E-state index in [9.17, 15) is 10.1 Å². The number of carbonyl (C=O) groups excluding carboxylic acids is 1. The van der Waals surface area contributed by atoms with Gasteiger partial charge in [-0.3, -0.25) is 4.79 Å². The number of primary amides is 1. The number of rotatable bonds is 4. The summed E-state index contributed by atoms with van der Waals surface area (Å²) in [6, 6.07) is 2.48. The van der Waals surface area contributed by atoms with Crippen LogP contribution in [0, 0.1) is 28.6 Å². The Morgan fingerprint density at radius 3 is 2.45 bits per heavy atom. The molecule has 0 bridgehead atoms. The number of nitrogens with two attached hydrogens (primary N) is 1. The molecule has 1 atom stereocenters. The van der Waals surface area contributed by atoms with Crippen molar-refractivity contribution < 1.29 is 4.79 Å². The molecule has 4 heteroatoms. The summed E-state index contributed by atoms with van der Waals surface area (Å²) in [6.07, 6.45) is 8.62. The Morgan fingerprint density at radius 2 is 1.95 bits per heavy atom. The molecule has 1 saturated heterocycles. The Morgan fingerprint density at radius 1 is 1.35 bits per heavy atom. The minimum absolute atomic E-state index is 0.260. The van der Waals surface area contributed by atoms with Crippen molar-refractivity contribution in [1.82, 2.24) is 4.90 Å². The van der Waals surface area contributed by atoms with Crippen LogP contribution < -0.4 is 5.73 Å². The van der Waals surface area contributed by atoms with E-state index in [1.165, 1.54) is 32.1 Å². The van der Waals surface area contributed by atoms with Gasteiger partial charge in [0.05, 0.1) is 17.4 Å². The maximum Gasteiger partial charge on any atom is 0.222 e. The van der Waals surface area contributed by atoms with Gasteiger partial charge >= 0.3 is 0 Å². The summed E-state index contributed by atoms with van der Waals surface area (Å²) >= 11 is 0. The molecule has 4 nitrogen and oxygen atoms in total. The topological polar surface area (TPSA) is 70.1 Å². The fourth-order valence-corrected chi connectivity index (χ4v) is 3.93. The van der Waals surface area contributed by atoms with E-state index in [2.05, 4.69) is 18.0 Å². The summed E-state index contributed by atoms with van der Waals surface area (Å²) in [5, 5.41) is 9.70. The maximum atomic E-state index is 12.0. The third-order valence-electron chi connectivity index (χ3n) is 5.41. The third-order valence-corrected chi connectivity index (χ3v) is 5.41. The lowest BCUT2D eigenvalue weighted by molar-refractivity contribution is -0.126. The van der Waals surface area contributed by atoms with E-state index >= 15 is 0 Å². The minimum atomic E-state index is -0.518. The first-order chi connectivity index (χ1) is 9.57. The first kappa shape index (κ1) is 15.3. The summed E-state index contributed by atoms with van der Waals surface area (Å²) in [4.78, 5) is 14.2. The molecule has 0 aromatic heterocycles. The Balaban J connectivity index is 2.09. The third kappa shape index (κ3) is 3.32. The summed E-state index contributed by atoms with van der Waals surface area (Å²) in [5.74, 6) is 0.0668. The summed E-state index contributed by atoms with van der Waals surface area (Å²) in [6.45, 7) is 1.78. The fraction of sp³-hybridized carbons (Fsp3) is 0.875. The van der Waals surface area contributed by atoms with Crippen LogP contribution in [-0.4, -0.2) is 30.9 Å². The van der Waals surface area contributed by atoms with Crippen LogP contribution in [0.4, 0.5) is 0 Å². The molecule has 2 fully saturated rings. The van der Waals surface area contributed by atoms with Crippen LogP contribution in [0.5, 0.6) is 0 Å². The van der Waals surface area contributed by atoms with Crippen molar-refractivity contribution in [3.63, 3.8) is 0 Å². The van der Waals surface area contributed by atoms with Crippen molar-refractivity contribution in [3.8, 4) is 6.07 Å². The summed E-state index contributed by atoms with van der Waals surface area (Å²) in [7, 11) is 2.07. The first-order valence-corrected chi connectivity index (χ1v) is 7.96. The van der Waals surface area contributed by atoms with Crippen molar-refractivity contribution in [2.75, 3.05) is 20.1 Å². The van der Waals surface area contributed by atoms with Gasteiger partial charge in [-0.15, -0.1) is 0 Å². The summed E-state index contributed by atoms with van der Waals surface area (Å²) in [5.41, 5.74) is 5.16. The minimum Gasteiger partial charge on any atom is -0.369 e. The average Bonchev–Trinajstić information content (AvgIpc) is 2.47. The van der Waals surface area contributed by atoms with Crippen LogP contribution in [0.25, 0.3) is 0 Å². The van der Waals surface area contributed by atoms with Gasteiger partial charge in [-0.05, 0) is 45.3 Å². The molecule has 0 aromatic rings. The zero-order chi connectivity index (χ0) is 14.6. The second-order valence-electron chi connectivity index (χ2n) is 6.77. The molecule has 1 heterocycles. The smallest absolute Gasteiger partial charge is 0.222 e. The van der Waals surface area contributed by atoms with Gasteiger partial charge in [0.2, 0.25) is 5.91 Å². The number of hydrogen-bond donors (Lipinski definition) is 1. The van der Waals surface area contributed by atoms with Crippen molar-refractivity contribution in [3.05, 3.63) is 0 Å². The van der Waals surface area contributed by atoms with E-state index in [1.807, 2.05) is 0 Å². The van der Waals surface area contributed by atoms with Gasteiger partial charge in [-0.2, -0.15) is 5.26 Å². The van der Waals surface area contributed by atoms with Gasteiger partial charge in [-0.25, -0.2) is 0 Å². The Kier molecular flexibility index (Phi) is 5.04. The molecular formula is C16H27N3O. The lowest BCUT2D eigenvalue weighted by Crippen LogP contribution is -2.46. The van der Waals surface area contributed by atoms with E-state index < -0.39 is 5.41 Å². The fourth-order valence-electron chi connectivity index (χ4n) is 3.93. The monoisotopic (exact) mass is 277 g/mol. The molecule has 20 heavy (non-hydrogen) atoms. The highest BCUT2D eigenvalue weighted by atomic mass is 16.1. The van der Waals surface area contributed by atoms with Crippen molar-refractivity contribution in [2.24, 2.45) is 23.0 Å². The Labute approximate surface area is 122 Å². The van der Waals surface area contributed by atoms with Crippen LogP contribution in [0.2, 0.25) is 0 Å². The first-order valence-electron chi connectivity index (χ1n) is 7.96. The van der Waals surface area contributed by atoms with Crippen LogP contribution in [0.1, 0.15) is 51.4 Å². The molecule has 1 amide bonds. The van der Waals surface area contributed by atoms with Crippen LogP contribution >= 0.6 is 0 Å². The Hall–Kier alpha value is -1.08. The molecule has 0 radical (unpaired) electrons. The average molecular weight is 277 g/mol. The van der Waals surface area contributed by atoms with Crippen LogP contribution in [0.15, 0.2) is 0 Å². The molecule has 2 aliphatic rings. The number of carbonyl (C=O) groups is 1. The van der Waals surface area contributed by atoms with Gasteiger partial charge in [0.25, 0.3) is 0 Å². The predicted octanol–water partition coefficient (Wildman–Crippen LogP) is 2.29. The van der Waals surface area contributed by atoms with Gasteiger partial charge < -0.3 is 10.6 Å². The second-order valence-corrected chi connectivity index (χ2v) is 6.77. The number of piperidine rings is 1. The van der Waals surface area contributed by atoms with Gasteiger partial charge in [-0.1, -0.05) is 32.1 Å². The molecule has 112 valence electrons.